The van der Waals surface area contributed by atoms with Crippen LogP contribution in [0.5, 0.6) is 0 Å². The number of rotatable bonds is 5. The number of carbonyl (C=O) groups excluding carboxylic acids is 1. The molecule has 0 aromatic carbocycles. The van der Waals surface area contributed by atoms with E-state index in [4.69, 9.17) is 0 Å². The van der Waals surface area contributed by atoms with Crippen LogP contribution in [0.15, 0.2) is 0 Å². The van der Waals surface area contributed by atoms with Crippen molar-refractivity contribution in [2.45, 2.75) is 44.3 Å². The van der Waals surface area contributed by atoms with Gasteiger partial charge in [0.05, 0.1) is 8.07 Å². The van der Waals surface area contributed by atoms with Crippen LogP contribution >= 0.6 is 11.8 Å². The number of ketones is 1. The molecule has 1 nitrogen and oxygen atoms in total. The highest BCUT2D eigenvalue weighted by Crippen LogP contribution is 2.24. The fraction of sp³-hybridized carbons (Fsp3) is 0.889. The summed E-state index contributed by atoms with van der Waals surface area (Å²) in [7, 11) is -1.04. The van der Waals surface area contributed by atoms with Crippen LogP contribution in [-0.2, 0) is 4.79 Å². The molecular weight excluding hydrogens is 184 g/mol. The van der Waals surface area contributed by atoms with Crippen LogP contribution in [0.3, 0.4) is 0 Å². The summed E-state index contributed by atoms with van der Waals surface area (Å²) in [6, 6.07) is 0. The highest BCUT2D eigenvalue weighted by molar-refractivity contribution is 8.00. The molecule has 0 saturated carbocycles. The summed E-state index contributed by atoms with van der Waals surface area (Å²) in [5, 5.41) is 0. The minimum atomic E-state index is -1.04. The Morgan fingerprint density at radius 3 is 2.17 bits per heavy atom. The fourth-order valence-corrected chi connectivity index (χ4v) is 5.43. The molecule has 0 bridgehead atoms. The first kappa shape index (κ1) is 12.2. The summed E-state index contributed by atoms with van der Waals surface area (Å²) in [6.45, 7) is 8.79. The minimum absolute atomic E-state index is 0.326. The molecule has 0 aliphatic carbocycles. The summed E-state index contributed by atoms with van der Waals surface area (Å²) in [5.74, 6) is 0.326. The number of hydrogen-bond acceptors (Lipinski definition) is 2. The number of carbonyl (C=O) groups is 1. The quantitative estimate of drug-likeness (QED) is 0.641. The molecule has 0 rings (SSSR count). The maximum Gasteiger partial charge on any atom is 0.129 e. The van der Waals surface area contributed by atoms with Gasteiger partial charge in [-0.2, -0.15) is 11.8 Å². The lowest BCUT2D eigenvalue weighted by Gasteiger charge is -2.26. The van der Waals surface area contributed by atoms with Crippen LogP contribution < -0.4 is 0 Å². The fourth-order valence-electron chi connectivity index (χ4n) is 1.24. The predicted octanol–water partition coefficient (Wildman–Crippen LogP) is 2.96. The predicted molar refractivity (Wildman–Crippen MR) is 60.6 cm³/mol. The lowest BCUT2D eigenvalue weighted by Crippen LogP contribution is -2.35. The number of hydrogen-bond donors (Lipinski definition) is 0. The molecule has 0 aliphatic heterocycles. The Hall–Kier alpha value is 0.237. The monoisotopic (exact) mass is 204 g/mol. The summed E-state index contributed by atoms with van der Waals surface area (Å²) >= 11 is 1.93. The molecule has 1 unspecified atom stereocenters. The van der Waals surface area contributed by atoms with E-state index in [0.717, 1.165) is 17.7 Å². The molecular formula is C9H20OSSi. The second kappa shape index (κ2) is 5.07. The summed E-state index contributed by atoms with van der Waals surface area (Å²) < 4.78 is 0. The minimum Gasteiger partial charge on any atom is -0.300 e. The van der Waals surface area contributed by atoms with E-state index in [9.17, 15) is 4.79 Å². The zero-order chi connectivity index (χ0) is 9.78. The highest BCUT2D eigenvalue weighted by atomic mass is 32.2. The van der Waals surface area contributed by atoms with E-state index in [1.807, 2.05) is 11.8 Å². The van der Waals surface area contributed by atoms with Crippen molar-refractivity contribution in [3.05, 3.63) is 0 Å². The van der Waals surface area contributed by atoms with Crippen LogP contribution in [-0.4, -0.2) is 25.0 Å². The Morgan fingerprint density at radius 1 is 1.42 bits per heavy atom. The average Bonchev–Trinajstić information content (AvgIpc) is 1.85. The standard InChI is InChI=1S/C9H20OSSi/c1-8(10)6-7-9(11-2)12(3,4)5/h9H,6-7H2,1-5H3. The van der Waals surface area contributed by atoms with Crippen LogP contribution in [0.1, 0.15) is 19.8 Å². The normalized spacial score (nSPS) is 14.4. The lowest BCUT2D eigenvalue weighted by atomic mass is 10.2. The van der Waals surface area contributed by atoms with Gasteiger partial charge in [-0.15, -0.1) is 0 Å². The topological polar surface area (TPSA) is 17.1 Å². The van der Waals surface area contributed by atoms with Crippen molar-refractivity contribution in [1.82, 2.24) is 0 Å². The molecule has 0 aromatic heterocycles. The van der Waals surface area contributed by atoms with Crippen molar-refractivity contribution < 1.29 is 4.79 Å². The third-order valence-corrected chi connectivity index (χ3v) is 7.86. The van der Waals surface area contributed by atoms with Crippen LogP contribution in [0.4, 0.5) is 0 Å². The van der Waals surface area contributed by atoms with Crippen LogP contribution in [0.25, 0.3) is 0 Å². The van der Waals surface area contributed by atoms with E-state index in [0.29, 0.717) is 5.78 Å². The molecule has 0 spiro atoms. The van der Waals surface area contributed by atoms with Crippen molar-refractivity contribution in [3.8, 4) is 0 Å². The summed E-state index contributed by atoms with van der Waals surface area (Å²) in [6.07, 6.45) is 3.99. The van der Waals surface area contributed by atoms with Gasteiger partial charge in [-0.1, -0.05) is 19.6 Å². The van der Waals surface area contributed by atoms with E-state index < -0.39 is 8.07 Å². The molecule has 0 heterocycles. The van der Waals surface area contributed by atoms with Gasteiger partial charge in [-0.25, -0.2) is 0 Å². The average molecular weight is 204 g/mol. The van der Waals surface area contributed by atoms with Gasteiger partial charge in [-0.3, -0.25) is 0 Å². The smallest absolute Gasteiger partial charge is 0.129 e. The second-order valence-corrected chi connectivity index (χ2v) is 11.2. The third kappa shape index (κ3) is 4.98. The molecule has 3 heteroatoms. The number of thioether (sulfide) groups is 1. The Labute approximate surface area is 81.3 Å². The molecule has 0 aromatic rings. The highest BCUT2D eigenvalue weighted by Gasteiger charge is 2.25. The van der Waals surface area contributed by atoms with E-state index in [2.05, 4.69) is 25.9 Å². The van der Waals surface area contributed by atoms with E-state index in [1.165, 1.54) is 0 Å². The zero-order valence-corrected chi connectivity index (χ0v) is 10.6. The van der Waals surface area contributed by atoms with E-state index in [1.54, 1.807) is 6.92 Å². The lowest BCUT2D eigenvalue weighted by molar-refractivity contribution is -0.117. The van der Waals surface area contributed by atoms with Crippen LogP contribution in [0.2, 0.25) is 19.6 Å². The second-order valence-electron chi connectivity index (χ2n) is 4.33. The van der Waals surface area contributed by atoms with Gasteiger partial charge >= 0.3 is 0 Å². The Morgan fingerprint density at radius 2 is 1.92 bits per heavy atom. The first-order chi connectivity index (χ1) is 5.38. The first-order valence-electron chi connectivity index (χ1n) is 4.40. The molecule has 72 valence electrons. The van der Waals surface area contributed by atoms with Crippen molar-refractivity contribution in [1.29, 1.82) is 0 Å². The summed E-state index contributed by atoms with van der Waals surface area (Å²) in [5.41, 5.74) is 0. The van der Waals surface area contributed by atoms with E-state index >= 15 is 0 Å². The van der Waals surface area contributed by atoms with Gasteiger partial charge in [0.15, 0.2) is 0 Å². The maximum atomic E-state index is 10.8. The molecule has 0 N–H and O–H groups in total. The summed E-state index contributed by atoms with van der Waals surface area (Å²) in [4.78, 5) is 11.5. The number of Topliss-reactive ketones (excluding diaryl/α,β-unsaturated/α-hetero) is 1. The van der Waals surface area contributed by atoms with Gasteiger partial charge < -0.3 is 4.79 Å². The van der Waals surface area contributed by atoms with Crippen molar-refractivity contribution in [2.24, 2.45) is 0 Å². The van der Waals surface area contributed by atoms with Gasteiger partial charge in [0.25, 0.3) is 0 Å². The molecule has 12 heavy (non-hydrogen) atoms. The van der Waals surface area contributed by atoms with Gasteiger partial charge in [0.1, 0.15) is 5.78 Å². The molecule has 0 amide bonds. The van der Waals surface area contributed by atoms with Gasteiger partial charge in [0.2, 0.25) is 0 Å². The third-order valence-electron chi connectivity index (χ3n) is 2.01. The molecule has 0 fully saturated rings. The Balaban J connectivity index is 3.92. The Kier molecular flexibility index (Phi) is 5.17. The van der Waals surface area contributed by atoms with Crippen molar-refractivity contribution >= 4 is 25.6 Å². The molecule has 0 aliphatic rings. The van der Waals surface area contributed by atoms with Crippen LogP contribution in [0, 0.1) is 0 Å². The SMILES string of the molecule is CSC(CCC(C)=O)[Si](C)(C)C. The van der Waals surface area contributed by atoms with Crippen molar-refractivity contribution in [3.63, 3.8) is 0 Å². The largest absolute Gasteiger partial charge is 0.300 e. The molecule has 0 saturated heterocycles. The van der Waals surface area contributed by atoms with Crippen molar-refractivity contribution in [2.75, 3.05) is 6.26 Å². The Bertz CT molecular complexity index is 151. The first-order valence-corrected chi connectivity index (χ1v) is 9.26. The van der Waals surface area contributed by atoms with E-state index in [-0.39, 0.29) is 0 Å². The van der Waals surface area contributed by atoms with Gasteiger partial charge in [-0.05, 0) is 24.5 Å². The maximum absolute atomic E-state index is 10.8. The zero-order valence-electron chi connectivity index (χ0n) is 8.81. The van der Waals surface area contributed by atoms with Gasteiger partial charge in [0, 0.05) is 6.42 Å². The molecule has 1 atom stereocenters. The molecule has 0 radical (unpaired) electrons.